The second-order valence-electron chi connectivity index (χ2n) is 7.16. The lowest BCUT2D eigenvalue weighted by Crippen LogP contribution is -2.38. The molecule has 24 heavy (non-hydrogen) atoms. The van der Waals surface area contributed by atoms with Crippen molar-refractivity contribution in [1.82, 2.24) is 15.5 Å². The number of hydrogen-bond donors (Lipinski definition) is 3. The lowest BCUT2D eigenvalue weighted by atomic mass is 9.92. The summed E-state index contributed by atoms with van der Waals surface area (Å²) in [6.45, 7) is 10.0. The predicted molar refractivity (Wildman–Crippen MR) is 86.6 cm³/mol. The molecule has 1 aromatic rings. The normalized spacial score (nSPS) is 13.3. The van der Waals surface area contributed by atoms with Crippen LogP contribution in [0.3, 0.4) is 0 Å². The minimum atomic E-state index is -4.52. The Morgan fingerprint density at radius 1 is 1.33 bits per heavy atom. The van der Waals surface area contributed by atoms with Gasteiger partial charge in [-0.2, -0.15) is 18.3 Å². The summed E-state index contributed by atoms with van der Waals surface area (Å²) in [7, 11) is 0. The van der Waals surface area contributed by atoms with E-state index in [2.05, 4.69) is 20.7 Å². The van der Waals surface area contributed by atoms with Gasteiger partial charge in [-0.3, -0.25) is 20.2 Å². The van der Waals surface area contributed by atoms with E-state index in [0.29, 0.717) is 6.54 Å². The summed E-state index contributed by atoms with van der Waals surface area (Å²) in [4.78, 5) is 16.2. The fourth-order valence-electron chi connectivity index (χ4n) is 1.69. The number of aromatic nitrogens is 2. The van der Waals surface area contributed by atoms with E-state index in [0.717, 1.165) is 6.07 Å². The largest absolute Gasteiger partial charge is 0.432 e. The standard InChI is InChI=1S/C15H24F3N5O/c1-9(2)8-19-13(21-12(24)7-14(3,4)5)20-11-6-10(22-23-11)15(16,17)18/h6,9H,7-8H2,1-5H3,(H3,19,20,21,22,23,24). The number of anilines is 1. The molecule has 9 heteroatoms. The van der Waals surface area contributed by atoms with Crippen molar-refractivity contribution in [3.05, 3.63) is 11.8 Å². The van der Waals surface area contributed by atoms with Gasteiger partial charge in [0.25, 0.3) is 0 Å². The molecule has 1 heterocycles. The summed E-state index contributed by atoms with van der Waals surface area (Å²) in [5.41, 5.74) is -1.20. The van der Waals surface area contributed by atoms with Gasteiger partial charge < -0.3 is 5.32 Å². The van der Waals surface area contributed by atoms with Gasteiger partial charge in [-0.25, -0.2) is 0 Å². The molecule has 136 valence electrons. The van der Waals surface area contributed by atoms with Crippen molar-refractivity contribution >= 4 is 17.7 Å². The van der Waals surface area contributed by atoms with E-state index in [-0.39, 0.29) is 35.4 Å². The van der Waals surface area contributed by atoms with Gasteiger partial charge in [-0.05, 0) is 11.3 Å². The minimum absolute atomic E-state index is 0.0686. The summed E-state index contributed by atoms with van der Waals surface area (Å²) >= 11 is 0. The first-order chi connectivity index (χ1) is 10.9. The van der Waals surface area contributed by atoms with Crippen LogP contribution in [-0.2, 0) is 11.0 Å². The Morgan fingerprint density at radius 2 is 1.96 bits per heavy atom. The van der Waals surface area contributed by atoms with Crippen LogP contribution in [-0.4, -0.2) is 28.6 Å². The third-order valence-corrected chi connectivity index (χ3v) is 2.69. The number of aromatic amines is 1. The second kappa shape index (κ2) is 7.67. The topological polar surface area (TPSA) is 82.2 Å². The Morgan fingerprint density at radius 3 is 2.42 bits per heavy atom. The molecule has 0 unspecified atom stereocenters. The smallest absolute Gasteiger partial charge is 0.309 e. The van der Waals surface area contributed by atoms with Gasteiger partial charge in [0.2, 0.25) is 11.9 Å². The molecule has 0 aromatic carbocycles. The number of hydrogen-bond acceptors (Lipinski definition) is 3. The first kappa shape index (κ1) is 20.0. The molecule has 0 saturated carbocycles. The summed E-state index contributed by atoms with van der Waals surface area (Å²) in [5, 5.41) is 10.7. The molecule has 3 N–H and O–H groups in total. The van der Waals surface area contributed by atoms with Gasteiger partial charge in [0.05, 0.1) is 0 Å². The molecule has 0 aliphatic heterocycles. The first-order valence-electron chi connectivity index (χ1n) is 7.61. The molecule has 0 aliphatic rings. The number of carbonyl (C=O) groups excluding carboxylic acids is 1. The van der Waals surface area contributed by atoms with Crippen molar-refractivity contribution in [2.24, 2.45) is 16.3 Å². The quantitative estimate of drug-likeness (QED) is 0.577. The lowest BCUT2D eigenvalue weighted by Gasteiger charge is -2.18. The van der Waals surface area contributed by atoms with Crippen LogP contribution in [0.15, 0.2) is 11.1 Å². The maximum absolute atomic E-state index is 12.6. The van der Waals surface area contributed by atoms with Gasteiger partial charge in [0.1, 0.15) is 5.69 Å². The van der Waals surface area contributed by atoms with Gasteiger partial charge >= 0.3 is 6.18 Å². The van der Waals surface area contributed by atoms with Crippen LogP contribution in [0.1, 0.15) is 46.7 Å². The summed E-state index contributed by atoms with van der Waals surface area (Å²) < 4.78 is 37.8. The zero-order valence-electron chi connectivity index (χ0n) is 14.5. The number of nitrogens with one attached hydrogen (secondary N) is 3. The molecule has 6 nitrogen and oxygen atoms in total. The highest BCUT2D eigenvalue weighted by Crippen LogP contribution is 2.28. The van der Waals surface area contributed by atoms with Crippen molar-refractivity contribution < 1.29 is 18.0 Å². The third-order valence-electron chi connectivity index (χ3n) is 2.69. The number of halogens is 3. The second-order valence-corrected chi connectivity index (χ2v) is 7.16. The molecule has 1 aromatic heterocycles. The van der Waals surface area contributed by atoms with Crippen LogP contribution >= 0.6 is 0 Å². The van der Waals surface area contributed by atoms with E-state index in [1.165, 1.54) is 0 Å². The lowest BCUT2D eigenvalue weighted by molar-refractivity contribution is -0.141. The van der Waals surface area contributed by atoms with Crippen LogP contribution in [0.4, 0.5) is 19.0 Å². The number of H-pyrrole nitrogens is 1. The van der Waals surface area contributed by atoms with E-state index in [1.807, 2.05) is 39.7 Å². The van der Waals surface area contributed by atoms with E-state index in [4.69, 9.17) is 0 Å². The summed E-state index contributed by atoms with van der Waals surface area (Å²) in [6, 6.07) is 0.820. The van der Waals surface area contributed by atoms with Crippen molar-refractivity contribution in [2.75, 3.05) is 11.9 Å². The zero-order valence-corrected chi connectivity index (χ0v) is 14.5. The van der Waals surface area contributed by atoms with Gasteiger partial charge in [-0.15, -0.1) is 0 Å². The molecule has 0 saturated heterocycles. The molecule has 0 atom stereocenters. The Labute approximate surface area is 139 Å². The molecule has 0 bridgehead atoms. The molecule has 0 radical (unpaired) electrons. The van der Waals surface area contributed by atoms with E-state index >= 15 is 0 Å². The van der Waals surface area contributed by atoms with Crippen LogP contribution in [0.25, 0.3) is 0 Å². The third kappa shape index (κ3) is 7.47. The van der Waals surface area contributed by atoms with Crippen molar-refractivity contribution in [3.63, 3.8) is 0 Å². The number of amides is 1. The number of rotatable bonds is 4. The minimum Gasteiger partial charge on any atom is -0.309 e. The first-order valence-corrected chi connectivity index (χ1v) is 7.61. The molecular weight excluding hydrogens is 323 g/mol. The molecular formula is C15H24F3N5O. The highest BCUT2D eigenvalue weighted by Gasteiger charge is 2.33. The van der Waals surface area contributed by atoms with E-state index in [1.54, 1.807) is 0 Å². The maximum atomic E-state index is 12.6. The van der Waals surface area contributed by atoms with Crippen LogP contribution in [0, 0.1) is 11.3 Å². The predicted octanol–water partition coefficient (Wildman–Crippen LogP) is 3.40. The number of guanidine groups is 1. The van der Waals surface area contributed by atoms with E-state index < -0.39 is 11.9 Å². The van der Waals surface area contributed by atoms with Gasteiger partial charge in [-0.1, -0.05) is 34.6 Å². The number of nitrogens with zero attached hydrogens (tertiary/aromatic N) is 2. The average Bonchev–Trinajstić information content (AvgIpc) is 2.81. The van der Waals surface area contributed by atoms with Crippen LogP contribution < -0.4 is 10.6 Å². The SMILES string of the molecule is CC(C)CN=C(NC(=O)CC(C)(C)C)Nc1cc(C(F)(F)F)[nH]n1. The fourth-order valence-corrected chi connectivity index (χ4v) is 1.69. The molecule has 1 amide bonds. The maximum Gasteiger partial charge on any atom is 0.432 e. The Kier molecular flexibility index (Phi) is 6.39. The Balaban J connectivity index is 2.85. The molecule has 0 fully saturated rings. The van der Waals surface area contributed by atoms with E-state index in [9.17, 15) is 18.0 Å². The van der Waals surface area contributed by atoms with Gasteiger partial charge in [0.15, 0.2) is 5.82 Å². The number of carbonyl (C=O) groups is 1. The Bertz CT molecular complexity index is 585. The number of alkyl halides is 3. The molecule has 0 aliphatic carbocycles. The van der Waals surface area contributed by atoms with Crippen molar-refractivity contribution in [1.29, 1.82) is 0 Å². The number of aliphatic imine (C=N–C) groups is 1. The fraction of sp³-hybridized carbons (Fsp3) is 0.667. The monoisotopic (exact) mass is 347 g/mol. The highest BCUT2D eigenvalue weighted by molar-refractivity contribution is 6.03. The highest BCUT2D eigenvalue weighted by atomic mass is 19.4. The zero-order chi connectivity index (χ0) is 18.5. The van der Waals surface area contributed by atoms with Crippen molar-refractivity contribution in [3.8, 4) is 0 Å². The van der Waals surface area contributed by atoms with Crippen LogP contribution in [0.5, 0.6) is 0 Å². The average molecular weight is 347 g/mol. The van der Waals surface area contributed by atoms with Crippen LogP contribution in [0.2, 0.25) is 0 Å². The molecule has 0 spiro atoms. The summed E-state index contributed by atoms with van der Waals surface area (Å²) in [6.07, 6.45) is -4.26. The Hall–Kier alpha value is -2.06. The van der Waals surface area contributed by atoms with Gasteiger partial charge in [0, 0.05) is 19.0 Å². The summed E-state index contributed by atoms with van der Waals surface area (Å²) in [5.74, 6) is -0.0330. The molecule has 1 rings (SSSR count). The van der Waals surface area contributed by atoms with Crippen molar-refractivity contribution in [2.45, 2.75) is 47.2 Å².